The maximum absolute atomic E-state index is 12.1. The van der Waals surface area contributed by atoms with E-state index in [1.54, 1.807) is 25.1 Å². The third-order valence-corrected chi connectivity index (χ3v) is 6.14. The van der Waals surface area contributed by atoms with E-state index in [1.807, 2.05) is 30.3 Å². The average Bonchev–Trinajstić information content (AvgIpc) is 3.37. The maximum Gasteiger partial charge on any atom is 0.336 e. The van der Waals surface area contributed by atoms with Crippen molar-refractivity contribution in [3.63, 3.8) is 0 Å². The highest BCUT2D eigenvalue weighted by Gasteiger charge is 2.17. The lowest BCUT2D eigenvalue weighted by Gasteiger charge is -2.19. The summed E-state index contributed by atoms with van der Waals surface area (Å²) in [5, 5.41) is 9.70. The van der Waals surface area contributed by atoms with Gasteiger partial charge in [0.1, 0.15) is 5.75 Å². The molecule has 2 aromatic rings. The van der Waals surface area contributed by atoms with Gasteiger partial charge in [-0.3, -0.25) is 0 Å². The molecule has 0 radical (unpaired) electrons. The number of fused-ring (bicyclic) bond motifs is 1. The molecule has 1 atom stereocenters. The molecule has 2 aromatic carbocycles. The van der Waals surface area contributed by atoms with Crippen molar-refractivity contribution >= 4 is 17.6 Å². The Labute approximate surface area is 220 Å². The minimum atomic E-state index is -0.672. The number of carbonyl (C=O) groups is 1. The molecule has 0 aromatic heterocycles. The van der Waals surface area contributed by atoms with Crippen LogP contribution in [-0.4, -0.2) is 19.1 Å². The van der Waals surface area contributed by atoms with E-state index in [0.717, 1.165) is 24.0 Å². The van der Waals surface area contributed by atoms with Crippen LogP contribution in [-0.2, 0) is 9.53 Å². The van der Waals surface area contributed by atoms with Crippen LogP contribution in [0.3, 0.4) is 0 Å². The van der Waals surface area contributed by atoms with Gasteiger partial charge in [0.25, 0.3) is 0 Å². The molecule has 1 aliphatic rings. The van der Waals surface area contributed by atoms with Crippen molar-refractivity contribution in [2.24, 2.45) is 0 Å². The fourth-order valence-corrected chi connectivity index (χ4v) is 4.01. The van der Waals surface area contributed by atoms with Crippen LogP contribution in [0.1, 0.15) is 82.8 Å². The molecule has 0 fully saturated rings. The van der Waals surface area contributed by atoms with E-state index in [1.165, 1.54) is 38.5 Å². The number of nitriles is 1. The minimum Gasteiger partial charge on any atom is -0.455 e. The second-order valence-electron chi connectivity index (χ2n) is 9.30. The molecule has 1 unspecified atom stereocenters. The Morgan fingerprint density at radius 3 is 2.38 bits per heavy atom. The zero-order valence-corrected chi connectivity index (χ0v) is 22.0. The van der Waals surface area contributed by atoms with Gasteiger partial charge in [0, 0.05) is 12.0 Å². The van der Waals surface area contributed by atoms with Crippen LogP contribution in [0.2, 0.25) is 0 Å². The molecule has 1 aliphatic heterocycles. The summed E-state index contributed by atoms with van der Waals surface area (Å²) in [4.78, 5) is 12.1. The Hall–Kier alpha value is -3.72. The number of unbranched alkanes of at least 4 members (excludes halogenated alkanes) is 7. The topological polar surface area (TPSA) is 77.8 Å². The molecule has 0 saturated carbocycles. The third kappa shape index (κ3) is 9.02. The molecule has 0 bridgehead atoms. The van der Waals surface area contributed by atoms with Crippen molar-refractivity contribution in [2.45, 2.75) is 77.9 Å². The number of hydrogen-bond donors (Lipinski definition) is 0. The van der Waals surface area contributed by atoms with E-state index in [-0.39, 0.29) is 6.79 Å². The zero-order valence-electron chi connectivity index (χ0n) is 22.0. The summed E-state index contributed by atoms with van der Waals surface area (Å²) in [6.45, 7) is 7.71. The molecule has 3 rings (SSSR count). The van der Waals surface area contributed by atoms with Crippen molar-refractivity contribution < 1.29 is 23.7 Å². The number of carbonyl (C=O) groups excluding carboxylic acids is 1. The summed E-state index contributed by atoms with van der Waals surface area (Å²) < 4.78 is 22.3. The van der Waals surface area contributed by atoms with Crippen LogP contribution in [0, 0.1) is 11.3 Å². The molecule has 0 saturated heterocycles. The highest BCUT2D eigenvalue weighted by atomic mass is 16.7. The van der Waals surface area contributed by atoms with Crippen molar-refractivity contribution in [3.05, 3.63) is 65.7 Å². The largest absolute Gasteiger partial charge is 0.455 e. The first-order valence-corrected chi connectivity index (χ1v) is 13.1. The van der Waals surface area contributed by atoms with Gasteiger partial charge in [-0.25, -0.2) is 4.79 Å². The van der Waals surface area contributed by atoms with Gasteiger partial charge < -0.3 is 18.9 Å². The molecule has 6 nitrogen and oxygen atoms in total. The third-order valence-electron chi connectivity index (χ3n) is 6.14. The summed E-state index contributed by atoms with van der Waals surface area (Å²) in [5.41, 5.74) is 2.46. The molecule has 0 spiro atoms. The molecular formula is C31H37NO5. The lowest BCUT2D eigenvalue weighted by Crippen LogP contribution is -2.24. The molecule has 0 amide bonds. The summed E-state index contributed by atoms with van der Waals surface area (Å²) >= 11 is 0. The lowest BCUT2D eigenvalue weighted by atomic mass is 10.0. The van der Waals surface area contributed by atoms with Gasteiger partial charge in [0.2, 0.25) is 13.1 Å². The number of ether oxygens (including phenoxy) is 4. The van der Waals surface area contributed by atoms with Crippen molar-refractivity contribution in [1.29, 1.82) is 5.26 Å². The Balaban J connectivity index is 1.58. The smallest absolute Gasteiger partial charge is 0.336 e. The predicted octanol–water partition coefficient (Wildman–Crippen LogP) is 7.83. The quantitative estimate of drug-likeness (QED) is 0.0615. The molecule has 6 heteroatoms. The van der Waals surface area contributed by atoms with Gasteiger partial charge in [0.15, 0.2) is 11.5 Å². The van der Waals surface area contributed by atoms with E-state index < -0.39 is 12.3 Å². The number of hydrogen-bond acceptors (Lipinski definition) is 6. The van der Waals surface area contributed by atoms with Crippen molar-refractivity contribution in [2.75, 3.05) is 6.79 Å². The van der Waals surface area contributed by atoms with E-state index in [0.29, 0.717) is 34.8 Å². The van der Waals surface area contributed by atoms with Crippen LogP contribution < -0.4 is 14.2 Å². The first-order valence-electron chi connectivity index (χ1n) is 13.1. The van der Waals surface area contributed by atoms with E-state index in [9.17, 15) is 10.1 Å². The standard InChI is InChI=1S/C31H37NO5/c1-4-5-6-7-8-9-10-11-12-30(37-31(33)23(2)3)36-27-16-13-24(14-17-27)19-26(21-32)25-15-18-28-29(20-25)35-22-34-28/h13-20,30H,2,4-12,22H2,1,3H3/b26-19+. The molecule has 196 valence electrons. The number of nitrogens with zero attached hydrogens (tertiary/aromatic N) is 1. The highest BCUT2D eigenvalue weighted by Crippen LogP contribution is 2.34. The molecular weight excluding hydrogens is 466 g/mol. The molecule has 1 heterocycles. The number of allylic oxidation sites excluding steroid dienone is 1. The number of benzene rings is 2. The Morgan fingerprint density at radius 2 is 1.70 bits per heavy atom. The fraction of sp³-hybridized carbons (Fsp3) is 0.419. The van der Waals surface area contributed by atoms with Crippen LogP contribution >= 0.6 is 0 Å². The monoisotopic (exact) mass is 503 g/mol. The van der Waals surface area contributed by atoms with Crippen molar-refractivity contribution in [1.82, 2.24) is 0 Å². The molecule has 37 heavy (non-hydrogen) atoms. The first kappa shape index (κ1) is 27.9. The maximum atomic E-state index is 12.1. The van der Waals surface area contributed by atoms with Crippen LogP contribution in [0.4, 0.5) is 0 Å². The van der Waals surface area contributed by atoms with Crippen LogP contribution in [0.5, 0.6) is 17.2 Å². The van der Waals surface area contributed by atoms with Gasteiger partial charge in [0.05, 0.1) is 11.6 Å². The Kier molecular flexibility index (Phi) is 11.1. The van der Waals surface area contributed by atoms with Gasteiger partial charge in [-0.1, -0.05) is 70.6 Å². The summed E-state index contributed by atoms with van der Waals surface area (Å²) in [5.74, 6) is 1.45. The minimum absolute atomic E-state index is 0.188. The SMILES string of the molecule is C=C(C)C(=O)OC(CCCCCCCCCC)Oc1ccc(/C=C(\C#N)c2ccc3c(c2)OCO3)cc1. The highest BCUT2D eigenvalue weighted by molar-refractivity contribution is 5.90. The summed E-state index contributed by atoms with van der Waals surface area (Å²) in [6, 6.07) is 15.1. The first-order chi connectivity index (χ1) is 18.0. The van der Waals surface area contributed by atoms with Crippen LogP contribution in [0.15, 0.2) is 54.6 Å². The van der Waals surface area contributed by atoms with Crippen LogP contribution in [0.25, 0.3) is 11.6 Å². The summed E-state index contributed by atoms with van der Waals surface area (Å²) in [6.07, 6.45) is 11.3. The lowest BCUT2D eigenvalue weighted by molar-refractivity contribution is -0.159. The second-order valence-corrected chi connectivity index (χ2v) is 9.30. The molecule has 0 aliphatic carbocycles. The average molecular weight is 504 g/mol. The second kappa shape index (κ2) is 14.7. The van der Waals surface area contributed by atoms with Gasteiger partial charge in [-0.15, -0.1) is 0 Å². The van der Waals surface area contributed by atoms with E-state index in [2.05, 4.69) is 19.6 Å². The fourth-order valence-electron chi connectivity index (χ4n) is 4.01. The van der Waals surface area contributed by atoms with Gasteiger partial charge in [-0.2, -0.15) is 5.26 Å². The van der Waals surface area contributed by atoms with E-state index >= 15 is 0 Å². The molecule has 0 N–H and O–H groups in total. The number of esters is 1. The van der Waals surface area contributed by atoms with E-state index in [4.69, 9.17) is 18.9 Å². The Morgan fingerprint density at radius 1 is 1.03 bits per heavy atom. The predicted molar refractivity (Wildman–Crippen MR) is 145 cm³/mol. The number of rotatable bonds is 15. The Bertz CT molecular complexity index is 1110. The normalized spacial score (nSPS) is 13.1. The van der Waals surface area contributed by atoms with Crippen molar-refractivity contribution in [3.8, 4) is 23.3 Å². The summed E-state index contributed by atoms with van der Waals surface area (Å²) in [7, 11) is 0. The zero-order chi connectivity index (χ0) is 26.5. The van der Waals surface area contributed by atoms with Gasteiger partial charge in [-0.05, 0) is 60.9 Å². The van der Waals surface area contributed by atoms with Gasteiger partial charge >= 0.3 is 5.97 Å².